The Bertz CT molecular complexity index is 1030. The van der Waals surface area contributed by atoms with Crippen LogP contribution < -0.4 is 4.74 Å². The van der Waals surface area contributed by atoms with Crippen molar-refractivity contribution in [1.29, 1.82) is 0 Å². The summed E-state index contributed by atoms with van der Waals surface area (Å²) < 4.78 is 11.4. The minimum absolute atomic E-state index is 0.198. The quantitative estimate of drug-likeness (QED) is 0.0927. The summed E-state index contributed by atoms with van der Waals surface area (Å²) in [6.45, 7) is 5.25. The number of unbranched alkanes of at least 4 members (excludes halogenated alkanes) is 9. The SMILES string of the molecule is CCCCCCCCCCCCOc1ccc(-c2ccc(S[C@H](C)C(=O)OCc3ccccc3)cc2)cc1. The Morgan fingerprint density at radius 3 is 1.87 bits per heavy atom. The van der Waals surface area contributed by atoms with Gasteiger partial charge in [-0.15, -0.1) is 11.8 Å². The lowest BCUT2D eigenvalue weighted by atomic mass is 10.1. The van der Waals surface area contributed by atoms with Crippen LogP contribution in [0.5, 0.6) is 5.75 Å². The lowest BCUT2D eigenvalue weighted by Gasteiger charge is -2.12. The normalized spacial score (nSPS) is 11.7. The van der Waals surface area contributed by atoms with E-state index in [1.165, 1.54) is 69.5 Å². The average molecular weight is 533 g/mol. The molecule has 0 aliphatic rings. The second-order valence-corrected chi connectivity index (χ2v) is 11.3. The molecule has 3 aromatic rings. The molecule has 0 heterocycles. The molecule has 3 rings (SSSR count). The van der Waals surface area contributed by atoms with Gasteiger partial charge in [-0.2, -0.15) is 0 Å². The fourth-order valence-electron chi connectivity index (χ4n) is 4.35. The third kappa shape index (κ3) is 11.3. The minimum Gasteiger partial charge on any atom is -0.494 e. The van der Waals surface area contributed by atoms with Crippen LogP contribution in [0.15, 0.2) is 83.8 Å². The summed E-state index contributed by atoms with van der Waals surface area (Å²) in [5.74, 6) is 0.732. The van der Waals surface area contributed by atoms with Crippen LogP contribution in [0.2, 0.25) is 0 Å². The first-order chi connectivity index (χ1) is 18.7. The molecular formula is C34H44O3S. The van der Waals surface area contributed by atoms with Crippen LogP contribution in [0.1, 0.15) is 83.6 Å². The molecule has 3 nitrogen and oxygen atoms in total. The van der Waals surface area contributed by atoms with E-state index in [4.69, 9.17) is 9.47 Å². The van der Waals surface area contributed by atoms with Crippen LogP contribution >= 0.6 is 11.8 Å². The van der Waals surface area contributed by atoms with Crippen LogP contribution in [0.25, 0.3) is 11.1 Å². The minimum atomic E-state index is -0.267. The van der Waals surface area contributed by atoms with Gasteiger partial charge in [0.25, 0.3) is 0 Å². The molecule has 0 bridgehead atoms. The van der Waals surface area contributed by atoms with Crippen LogP contribution in [-0.4, -0.2) is 17.8 Å². The van der Waals surface area contributed by atoms with Gasteiger partial charge in [0.15, 0.2) is 0 Å². The number of rotatable bonds is 18. The van der Waals surface area contributed by atoms with Crippen molar-refractivity contribution in [3.8, 4) is 16.9 Å². The molecule has 0 amide bonds. The fraction of sp³-hybridized carbons (Fsp3) is 0.441. The Labute approximate surface area is 234 Å². The summed E-state index contributed by atoms with van der Waals surface area (Å²) in [6, 6.07) is 26.4. The number of esters is 1. The maximum Gasteiger partial charge on any atom is 0.319 e. The molecule has 0 aliphatic heterocycles. The average Bonchev–Trinajstić information content (AvgIpc) is 2.96. The van der Waals surface area contributed by atoms with E-state index in [0.29, 0.717) is 6.61 Å². The lowest BCUT2D eigenvalue weighted by Crippen LogP contribution is -2.16. The van der Waals surface area contributed by atoms with Crippen LogP contribution in [0.4, 0.5) is 0 Å². The standard InChI is InChI=1S/C34H44O3S/c1-3-4-5-6-7-8-9-10-11-15-26-36-32-22-18-30(19-23-32)31-20-24-33(25-21-31)38-28(2)34(35)37-27-29-16-13-12-14-17-29/h12-14,16-25,28H,3-11,15,26-27H2,1-2H3/t28-/m1/s1. The number of benzene rings is 3. The smallest absolute Gasteiger partial charge is 0.319 e. The predicted octanol–water partition coefficient (Wildman–Crippen LogP) is 9.88. The van der Waals surface area contributed by atoms with E-state index in [9.17, 15) is 4.79 Å². The Morgan fingerprint density at radius 1 is 0.711 bits per heavy atom. The first-order valence-electron chi connectivity index (χ1n) is 14.4. The molecule has 1 atom stereocenters. The second-order valence-electron chi connectivity index (χ2n) is 9.93. The number of thioether (sulfide) groups is 1. The van der Waals surface area contributed by atoms with Gasteiger partial charge in [-0.1, -0.05) is 119 Å². The molecule has 0 aliphatic carbocycles. The highest BCUT2D eigenvalue weighted by Gasteiger charge is 2.16. The van der Waals surface area contributed by atoms with E-state index in [0.717, 1.165) is 40.4 Å². The van der Waals surface area contributed by atoms with E-state index in [1.54, 1.807) is 0 Å². The molecule has 204 valence electrons. The third-order valence-electron chi connectivity index (χ3n) is 6.68. The van der Waals surface area contributed by atoms with Crippen molar-refractivity contribution in [1.82, 2.24) is 0 Å². The summed E-state index contributed by atoms with van der Waals surface area (Å²) in [7, 11) is 0. The molecule has 0 fully saturated rings. The molecule has 0 saturated carbocycles. The summed E-state index contributed by atoms with van der Waals surface area (Å²) >= 11 is 1.52. The molecule has 0 radical (unpaired) electrons. The Hall–Kier alpha value is -2.72. The zero-order chi connectivity index (χ0) is 26.8. The van der Waals surface area contributed by atoms with Crippen LogP contribution in [0, 0.1) is 0 Å². The van der Waals surface area contributed by atoms with Crippen LogP contribution in [0.3, 0.4) is 0 Å². The number of carbonyl (C=O) groups is 1. The third-order valence-corrected chi connectivity index (χ3v) is 7.77. The van der Waals surface area contributed by atoms with Gasteiger partial charge in [0.2, 0.25) is 0 Å². The highest BCUT2D eigenvalue weighted by Crippen LogP contribution is 2.28. The van der Waals surface area contributed by atoms with Crippen molar-refractivity contribution in [2.24, 2.45) is 0 Å². The number of ether oxygens (including phenoxy) is 2. The molecule has 3 aromatic carbocycles. The molecule has 0 saturated heterocycles. The maximum absolute atomic E-state index is 12.4. The van der Waals surface area contributed by atoms with Crippen LogP contribution in [-0.2, 0) is 16.1 Å². The van der Waals surface area contributed by atoms with Crippen molar-refractivity contribution < 1.29 is 14.3 Å². The van der Waals surface area contributed by atoms with E-state index in [1.807, 2.05) is 37.3 Å². The van der Waals surface area contributed by atoms with E-state index < -0.39 is 0 Å². The van der Waals surface area contributed by atoms with E-state index in [2.05, 4.69) is 55.5 Å². The van der Waals surface area contributed by atoms with Gasteiger partial charge in [0.1, 0.15) is 17.6 Å². The molecule has 0 N–H and O–H groups in total. The van der Waals surface area contributed by atoms with Crippen molar-refractivity contribution >= 4 is 17.7 Å². The van der Waals surface area contributed by atoms with Gasteiger partial charge in [0.05, 0.1) is 6.61 Å². The van der Waals surface area contributed by atoms with E-state index >= 15 is 0 Å². The Kier molecular flexibility index (Phi) is 13.9. The van der Waals surface area contributed by atoms with E-state index in [-0.39, 0.29) is 11.2 Å². The largest absolute Gasteiger partial charge is 0.494 e. The zero-order valence-corrected chi connectivity index (χ0v) is 24.0. The molecule has 38 heavy (non-hydrogen) atoms. The van der Waals surface area contributed by atoms with Gasteiger partial charge in [-0.3, -0.25) is 4.79 Å². The van der Waals surface area contributed by atoms with Crippen molar-refractivity contribution in [2.75, 3.05) is 6.61 Å². The van der Waals surface area contributed by atoms with Crippen molar-refractivity contribution in [2.45, 2.75) is 94.8 Å². The van der Waals surface area contributed by atoms with Crippen molar-refractivity contribution in [3.05, 3.63) is 84.4 Å². The maximum atomic E-state index is 12.4. The first kappa shape index (κ1) is 29.8. The molecular weight excluding hydrogens is 488 g/mol. The topological polar surface area (TPSA) is 35.5 Å². The highest BCUT2D eigenvalue weighted by molar-refractivity contribution is 8.00. The Balaban J connectivity index is 1.32. The summed E-state index contributed by atoms with van der Waals surface area (Å²) in [5.41, 5.74) is 3.30. The van der Waals surface area contributed by atoms with Crippen molar-refractivity contribution in [3.63, 3.8) is 0 Å². The summed E-state index contributed by atoms with van der Waals surface area (Å²) in [6.07, 6.45) is 13.3. The number of hydrogen-bond acceptors (Lipinski definition) is 4. The van der Waals surface area contributed by atoms with Gasteiger partial charge in [-0.25, -0.2) is 0 Å². The van der Waals surface area contributed by atoms with Gasteiger partial charge >= 0.3 is 5.97 Å². The first-order valence-corrected chi connectivity index (χ1v) is 15.2. The predicted molar refractivity (Wildman–Crippen MR) is 161 cm³/mol. The lowest BCUT2D eigenvalue weighted by molar-refractivity contribution is -0.143. The molecule has 0 unspecified atom stereocenters. The van der Waals surface area contributed by atoms with Gasteiger partial charge in [0, 0.05) is 4.90 Å². The molecule has 0 aromatic heterocycles. The monoisotopic (exact) mass is 532 g/mol. The molecule has 0 spiro atoms. The summed E-state index contributed by atoms with van der Waals surface area (Å²) in [4.78, 5) is 13.4. The summed E-state index contributed by atoms with van der Waals surface area (Å²) in [5, 5.41) is -0.267. The zero-order valence-electron chi connectivity index (χ0n) is 23.2. The molecule has 4 heteroatoms. The number of carbonyl (C=O) groups excluding carboxylic acids is 1. The fourth-order valence-corrected chi connectivity index (χ4v) is 5.21. The Morgan fingerprint density at radius 2 is 1.26 bits per heavy atom. The number of hydrogen-bond donors (Lipinski definition) is 0. The van der Waals surface area contributed by atoms with Gasteiger partial charge in [-0.05, 0) is 54.3 Å². The highest BCUT2D eigenvalue weighted by atomic mass is 32.2. The second kappa shape index (κ2) is 17.7. The van der Waals surface area contributed by atoms with Gasteiger partial charge < -0.3 is 9.47 Å².